The summed E-state index contributed by atoms with van der Waals surface area (Å²) in [4.78, 5) is 11.7. The van der Waals surface area contributed by atoms with Crippen LogP contribution in [0.25, 0.3) is 10.2 Å². The first kappa shape index (κ1) is 12.6. The quantitative estimate of drug-likeness (QED) is 0.734. The van der Waals surface area contributed by atoms with Gasteiger partial charge in [0.2, 0.25) is 0 Å². The van der Waals surface area contributed by atoms with E-state index in [0.717, 1.165) is 35.7 Å². The van der Waals surface area contributed by atoms with Crippen molar-refractivity contribution in [1.29, 1.82) is 0 Å². The number of aromatic nitrogens is 3. The molecule has 2 aliphatic rings. The molecule has 1 aromatic carbocycles. The number of anilines is 1. The lowest BCUT2D eigenvalue weighted by Crippen LogP contribution is -2.22. The summed E-state index contributed by atoms with van der Waals surface area (Å²) in [5.41, 5.74) is 1.08. The van der Waals surface area contributed by atoms with Crippen LogP contribution in [-0.4, -0.2) is 21.7 Å². The summed E-state index contributed by atoms with van der Waals surface area (Å²) < 4.78 is 6.76. The maximum atomic E-state index is 5.52. The molecule has 112 valence electrons. The van der Waals surface area contributed by atoms with Crippen LogP contribution in [0.15, 0.2) is 28.8 Å². The Labute approximate surface area is 132 Å². The van der Waals surface area contributed by atoms with Gasteiger partial charge in [-0.3, -0.25) is 0 Å². The molecule has 5 nitrogen and oxygen atoms in total. The molecule has 22 heavy (non-hydrogen) atoms. The molecule has 0 bridgehead atoms. The van der Waals surface area contributed by atoms with Crippen LogP contribution in [0.3, 0.4) is 0 Å². The Balaban J connectivity index is 1.49. The second-order valence-corrected chi connectivity index (χ2v) is 7.14. The molecule has 1 aliphatic carbocycles. The van der Waals surface area contributed by atoms with Crippen molar-refractivity contribution in [3.8, 4) is 0 Å². The Bertz CT molecular complexity index is 789. The van der Waals surface area contributed by atoms with Gasteiger partial charge in [0.25, 0.3) is 0 Å². The number of rotatable bonds is 3. The van der Waals surface area contributed by atoms with Crippen LogP contribution in [0.5, 0.6) is 0 Å². The molecule has 2 fully saturated rings. The Morgan fingerprint density at radius 2 is 2.05 bits per heavy atom. The summed E-state index contributed by atoms with van der Waals surface area (Å²) in [5.74, 6) is 1.41. The zero-order chi connectivity index (χ0) is 14.5. The van der Waals surface area contributed by atoms with Gasteiger partial charge in [-0.15, -0.1) is 11.3 Å². The first-order valence-electron chi connectivity index (χ1n) is 7.84. The second kappa shape index (κ2) is 4.78. The number of para-hydroxylation sites is 1. The minimum absolute atomic E-state index is 0.268. The highest BCUT2D eigenvalue weighted by atomic mass is 32.1. The smallest absolute Gasteiger partial charge is 0.315 e. The lowest BCUT2D eigenvalue weighted by atomic mass is 10.2. The first-order chi connectivity index (χ1) is 10.9. The van der Waals surface area contributed by atoms with Crippen LogP contribution in [0.2, 0.25) is 0 Å². The lowest BCUT2D eigenvalue weighted by molar-refractivity contribution is 0.404. The Morgan fingerprint density at radius 1 is 1.14 bits per heavy atom. The SMILES string of the molecule is c1ccc2sc([C@H]3CCCN3c3nc(C4CC4)no3)nc2c1. The van der Waals surface area contributed by atoms with Crippen LogP contribution in [0.4, 0.5) is 6.01 Å². The molecule has 1 atom stereocenters. The highest BCUT2D eigenvalue weighted by Gasteiger charge is 2.34. The molecular formula is C16H16N4OS. The maximum absolute atomic E-state index is 5.52. The third kappa shape index (κ3) is 2.01. The molecule has 0 unspecified atom stereocenters. The first-order valence-corrected chi connectivity index (χ1v) is 8.66. The average molecular weight is 312 g/mol. The van der Waals surface area contributed by atoms with Crippen LogP contribution >= 0.6 is 11.3 Å². The van der Waals surface area contributed by atoms with E-state index >= 15 is 0 Å². The summed E-state index contributed by atoms with van der Waals surface area (Å²) in [6, 6.07) is 9.25. The van der Waals surface area contributed by atoms with E-state index in [4.69, 9.17) is 9.51 Å². The molecule has 5 rings (SSSR count). The number of fused-ring (bicyclic) bond motifs is 1. The van der Waals surface area contributed by atoms with Gasteiger partial charge in [0, 0.05) is 12.5 Å². The molecule has 6 heteroatoms. The summed E-state index contributed by atoms with van der Waals surface area (Å²) in [5, 5.41) is 5.31. The van der Waals surface area contributed by atoms with E-state index in [1.54, 1.807) is 11.3 Å². The summed E-state index contributed by atoms with van der Waals surface area (Å²) in [7, 11) is 0. The summed E-state index contributed by atoms with van der Waals surface area (Å²) >= 11 is 1.78. The summed E-state index contributed by atoms with van der Waals surface area (Å²) in [6.07, 6.45) is 4.63. The van der Waals surface area contributed by atoms with Gasteiger partial charge in [-0.2, -0.15) is 4.98 Å². The zero-order valence-corrected chi connectivity index (χ0v) is 12.9. The molecule has 0 amide bonds. The number of hydrogen-bond donors (Lipinski definition) is 0. The highest BCUT2D eigenvalue weighted by Crippen LogP contribution is 2.41. The van der Waals surface area contributed by atoms with Crippen molar-refractivity contribution in [3.05, 3.63) is 35.1 Å². The lowest BCUT2D eigenvalue weighted by Gasteiger charge is -2.19. The summed E-state index contributed by atoms with van der Waals surface area (Å²) in [6.45, 7) is 0.965. The molecular weight excluding hydrogens is 296 g/mol. The minimum atomic E-state index is 0.268. The van der Waals surface area contributed by atoms with Gasteiger partial charge in [0.05, 0.1) is 16.3 Å². The van der Waals surface area contributed by atoms with Gasteiger partial charge in [-0.05, 0) is 37.8 Å². The van der Waals surface area contributed by atoms with E-state index in [2.05, 4.69) is 33.2 Å². The predicted octanol–water partition coefficient (Wildman–Crippen LogP) is 3.90. The van der Waals surface area contributed by atoms with Crippen molar-refractivity contribution in [2.75, 3.05) is 11.4 Å². The number of benzene rings is 1. The molecule has 1 aliphatic heterocycles. The molecule has 3 heterocycles. The minimum Gasteiger partial charge on any atom is -0.315 e. The van der Waals surface area contributed by atoms with Crippen molar-refractivity contribution in [2.24, 2.45) is 0 Å². The Kier molecular flexibility index (Phi) is 2.73. The van der Waals surface area contributed by atoms with E-state index in [1.165, 1.54) is 17.5 Å². The predicted molar refractivity (Wildman–Crippen MR) is 85.2 cm³/mol. The molecule has 1 saturated carbocycles. The van der Waals surface area contributed by atoms with Crippen molar-refractivity contribution in [1.82, 2.24) is 15.1 Å². The largest absolute Gasteiger partial charge is 0.324 e. The molecule has 2 aromatic heterocycles. The van der Waals surface area contributed by atoms with Gasteiger partial charge >= 0.3 is 6.01 Å². The number of nitrogens with zero attached hydrogens (tertiary/aromatic N) is 4. The third-order valence-electron chi connectivity index (χ3n) is 4.47. The highest BCUT2D eigenvalue weighted by molar-refractivity contribution is 7.18. The van der Waals surface area contributed by atoms with Gasteiger partial charge in [0.1, 0.15) is 5.01 Å². The normalized spacial score (nSPS) is 21.8. The molecule has 0 spiro atoms. The topological polar surface area (TPSA) is 55.1 Å². The monoisotopic (exact) mass is 312 g/mol. The molecule has 0 N–H and O–H groups in total. The average Bonchev–Trinajstić information content (AvgIpc) is 2.98. The Hall–Kier alpha value is -1.95. The van der Waals surface area contributed by atoms with Gasteiger partial charge < -0.3 is 9.42 Å². The van der Waals surface area contributed by atoms with E-state index < -0.39 is 0 Å². The van der Waals surface area contributed by atoms with Crippen LogP contribution < -0.4 is 4.90 Å². The van der Waals surface area contributed by atoms with E-state index in [0.29, 0.717) is 11.9 Å². The van der Waals surface area contributed by atoms with Gasteiger partial charge in [0.15, 0.2) is 5.82 Å². The standard InChI is InChI=1S/C16H16N4OS/c1-2-6-13-11(4-1)17-15(22-13)12-5-3-9-20(12)16-18-14(19-21-16)10-7-8-10/h1-2,4,6,10,12H,3,5,7-9H2/t12-/m1/s1. The van der Waals surface area contributed by atoms with E-state index in [1.807, 2.05) is 6.07 Å². The molecule has 1 saturated heterocycles. The van der Waals surface area contributed by atoms with E-state index in [9.17, 15) is 0 Å². The fraction of sp³-hybridized carbons (Fsp3) is 0.438. The van der Waals surface area contributed by atoms with Crippen molar-refractivity contribution in [3.63, 3.8) is 0 Å². The third-order valence-corrected chi connectivity index (χ3v) is 5.61. The number of hydrogen-bond acceptors (Lipinski definition) is 6. The van der Waals surface area contributed by atoms with Crippen LogP contribution in [0.1, 0.15) is 48.5 Å². The molecule has 3 aromatic rings. The Morgan fingerprint density at radius 3 is 2.91 bits per heavy atom. The fourth-order valence-electron chi connectivity index (χ4n) is 3.14. The number of thiazole rings is 1. The maximum Gasteiger partial charge on any atom is 0.324 e. The van der Waals surface area contributed by atoms with Crippen molar-refractivity contribution >= 4 is 27.6 Å². The van der Waals surface area contributed by atoms with Crippen molar-refractivity contribution in [2.45, 2.75) is 37.6 Å². The van der Waals surface area contributed by atoms with E-state index in [-0.39, 0.29) is 6.04 Å². The van der Waals surface area contributed by atoms with Gasteiger partial charge in [-0.25, -0.2) is 4.98 Å². The zero-order valence-electron chi connectivity index (χ0n) is 12.1. The fourth-order valence-corrected chi connectivity index (χ4v) is 4.25. The van der Waals surface area contributed by atoms with Crippen LogP contribution in [0, 0.1) is 0 Å². The molecule has 0 radical (unpaired) electrons. The van der Waals surface area contributed by atoms with Crippen LogP contribution in [-0.2, 0) is 0 Å². The second-order valence-electron chi connectivity index (χ2n) is 6.08. The van der Waals surface area contributed by atoms with Crippen molar-refractivity contribution < 1.29 is 4.52 Å². The van der Waals surface area contributed by atoms with Gasteiger partial charge in [-0.1, -0.05) is 17.3 Å².